The SMILES string of the molecule is CCC(C1CCOC1)N(C)CCN1CCNCC1. The Labute approximate surface area is 112 Å². The number of likely N-dealkylation sites (N-methyl/N-ethyl adjacent to an activating group) is 1. The Balaban J connectivity index is 1.72. The molecule has 0 aromatic carbocycles. The molecule has 0 aromatic rings. The molecule has 2 rings (SSSR count). The van der Waals surface area contributed by atoms with Crippen molar-refractivity contribution in [2.75, 3.05) is 59.5 Å². The molecule has 0 saturated carbocycles. The lowest BCUT2D eigenvalue weighted by Crippen LogP contribution is -2.48. The summed E-state index contributed by atoms with van der Waals surface area (Å²) in [5.74, 6) is 0.753. The summed E-state index contributed by atoms with van der Waals surface area (Å²) in [7, 11) is 2.29. The standard InChI is InChI=1S/C14H29N3O/c1-3-14(13-4-11-18-12-13)16(2)9-10-17-7-5-15-6-8-17/h13-15H,3-12H2,1-2H3. The number of rotatable bonds is 6. The average molecular weight is 255 g/mol. The highest BCUT2D eigenvalue weighted by Gasteiger charge is 2.27. The number of ether oxygens (including phenoxy) is 1. The molecule has 0 bridgehead atoms. The smallest absolute Gasteiger partial charge is 0.0510 e. The lowest BCUT2D eigenvalue weighted by Gasteiger charge is -2.34. The third-order valence-electron chi connectivity index (χ3n) is 4.47. The summed E-state index contributed by atoms with van der Waals surface area (Å²) in [4.78, 5) is 5.13. The van der Waals surface area contributed by atoms with Crippen LogP contribution in [0, 0.1) is 5.92 Å². The van der Waals surface area contributed by atoms with Crippen molar-refractivity contribution in [3.05, 3.63) is 0 Å². The van der Waals surface area contributed by atoms with Crippen molar-refractivity contribution in [2.45, 2.75) is 25.8 Å². The van der Waals surface area contributed by atoms with Crippen LogP contribution in [0.3, 0.4) is 0 Å². The largest absolute Gasteiger partial charge is 0.381 e. The molecule has 1 N–H and O–H groups in total. The molecule has 2 unspecified atom stereocenters. The second kappa shape index (κ2) is 7.43. The van der Waals surface area contributed by atoms with E-state index in [4.69, 9.17) is 4.74 Å². The van der Waals surface area contributed by atoms with E-state index >= 15 is 0 Å². The maximum atomic E-state index is 5.54. The summed E-state index contributed by atoms with van der Waals surface area (Å²) >= 11 is 0. The van der Waals surface area contributed by atoms with Gasteiger partial charge in [0.15, 0.2) is 0 Å². The van der Waals surface area contributed by atoms with E-state index in [1.54, 1.807) is 0 Å². The Morgan fingerprint density at radius 3 is 2.78 bits per heavy atom. The van der Waals surface area contributed by atoms with Crippen LogP contribution in [0.2, 0.25) is 0 Å². The minimum absolute atomic E-state index is 0.704. The Morgan fingerprint density at radius 2 is 2.17 bits per heavy atom. The van der Waals surface area contributed by atoms with Crippen molar-refractivity contribution in [1.29, 1.82) is 0 Å². The molecule has 2 saturated heterocycles. The van der Waals surface area contributed by atoms with Gasteiger partial charge in [-0.15, -0.1) is 0 Å². The first-order valence-electron chi connectivity index (χ1n) is 7.52. The predicted octanol–water partition coefficient (Wildman–Crippen LogP) is 0.639. The second-order valence-corrected chi connectivity index (χ2v) is 5.67. The summed E-state index contributed by atoms with van der Waals surface area (Å²) in [5.41, 5.74) is 0. The van der Waals surface area contributed by atoms with Crippen molar-refractivity contribution in [3.8, 4) is 0 Å². The number of nitrogens with one attached hydrogen (secondary N) is 1. The van der Waals surface area contributed by atoms with Crippen LogP contribution >= 0.6 is 0 Å². The normalized spacial score (nSPS) is 27.8. The van der Waals surface area contributed by atoms with Gasteiger partial charge in [0.25, 0.3) is 0 Å². The molecule has 4 heteroatoms. The Morgan fingerprint density at radius 1 is 1.39 bits per heavy atom. The van der Waals surface area contributed by atoms with E-state index in [0.717, 1.165) is 32.2 Å². The van der Waals surface area contributed by atoms with Gasteiger partial charge in [-0.3, -0.25) is 4.90 Å². The van der Waals surface area contributed by atoms with Crippen molar-refractivity contribution < 1.29 is 4.74 Å². The van der Waals surface area contributed by atoms with Crippen LogP contribution in [0.1, 0.15) is 19.8 Å². The average Bonchev–Trinajstić information content (AvgIpc) is 2.92. The number of piperazine rings is 1. The maximum absolute atomic E-state index is 5.54. The molecule has 106 valence electrons. The first-order chi connectivity index (χ1) is 8.81. The highest BCUT2D eigenvalue weighted by atomic mass is 16.5. The van der Waals surface area contributed by atoms with E-state index in [1.807, 2.05) is 0 Å². The lowest BCUT2D eigenvalue weighted by molar-refractivity contribution is 0.119. The molecular formula is C14H29N3O. The maximum Gasteiger partial charge on any atom is 0.0510 e. The van der Waals surface area contributed by atoms with Gasteiger partial charge in [0, 0.05) is 51.9 Å². The van der Waals surface area contributed by atoms with E-state index in [2.05, 4.69) is 29.1 Å². The first kappa shape index (κ1) is 14.3. The van der Waals surface area contributed by atoms with Crippen LogP contribution in [-0.4, -0.2) is 75.4 Å². The number of hydrogen-bond donors (Lipinski definition) is 1. The van der Waals surface area contributed by atoms with Crippen molar-refractivity contribution in [2.24, 2.45) is 5.92 Å². The molecule has 18 heavy (non-hydrogen) atoms. The van der Waals surface area contributed by atoms with Gasteiger partial charge in [0.05, 0.1) is 6.61 Å². The van der Waals surface area contributed by atoms with Crippen molar-refractivity contribution in [3.63, 3.8) is 0 Å². The molecule has 2 aliphatic heterocycles. The summed E-state index contributed by atoms with van der Waals surface area (Å²) in [5, 5.41) is 3.41. The van der Waals surface area contributed by atoms with Gasteiger partial charge in [-0.1, -0.05) is 6.92 Å². The zero-order chi connectivity index (χ0) is 12.8. The van der Waals surface area contributed by atoms with E-state index < -0.39 is 0 Å². The highest BCUT2D eigenvalue weighted by molar-refractivity contribution is 4.80. The van der Waals surface area contributed by atoms with Gasteiger partial charge in [-0.25, -0.2) is 0 Å². The molecule has 0 aromatic heterocycles. The van der Waals surface area contributed by atoms with Crippen molar-refractivity contribution >= 4 is 0 Å². The van der Waals surface area contributed by atoms with Gasteiger partial charge < -0.3 is 15.0 Å². The molecule has 4 nitrogen and oxygen atoms in total. The van der Waals surface area contributed by atoms with Gasteiger partial charge in [0.1, 0.15) is 0 Å². The minimum atomic E-state index is 0.704. The minimum Gasteiger partial charge on any atom is -0.381 e. The van der Waals surface area contributed by atoms with Gasteiger partial charge >= 0.3 is 0 Å². The quantitative estimate of drug-likeness (QED) is 0.754. The van der Waals surface area contributed by atoms with Crippen LogP contribution in [0.25, 0.3) is 0 Å². The van der Waals surface area contributed by atoms with E-state index in [0.29, 0.717) is 6.04 Å². The fourth-order valence-electron chi connectivity index (χ4n) is 3.26. The predicted molar refractivity (Wildman–Crippen MR) is 74.9 cm³/mol. The molecule has 2 fully saturated rings. The molecule has 0 amide bonds. The molecule has 2 heterocycles. The van der Waals surface area contributed by atoms with Crippen LogP contribution in [0.4, 0.5) is 0 Å². The molecule has 0 radical (unpaired) electrons. The summed E-state index contributed by atoms with van der Waals surface area (Å²) in [6.45, 7) is 11.4. The fraction of sp³-hybridized carbons (Fsp3) is 1.00. The van der Waals surface area contributed by atoms with Gasteiger partial charge in [-0.2, -0.15) is 0 Å². The Kier molecular flexibility index (Phi) is 5.89. The highest BCUT2D eigenvalue weighted by Crippen LogP contribution is 2.22. The number of hydrogen-bond acceptors (Lipinski definition) is 4. The van der Waals surface area contributed by atoms with Crippen LogP contribution in [0.5, 0.6) is 0 Å². The van der Waals surface area contributed by atoms with E-state index in [-0.39, 0.29) is 0 Å². The molecule has 2 aliphatic rings. The molecule has 0 aliphatic carbocycles. The summed E-state index contributed by atoms with van der Waals surface area (Å²) in [6, 6.07) is 0.704. The summed E-state index contributed by atoms with van der Waals surface area (Å²) < 4.78 is 5.54. The summed E-state index contributed by atoms with van der Waals surface area (Å²) in [6.07, 6.45) is 2.49. The van der Waals surface area contributed by atoms with Gasteiger partial charge in [-0.05, 0) is 25.8 Å². The number of nitrogens with zero attached hydrogens (tertiary/aromatic N) is 2. The fourth-order valence-corrected chi connectivity index (χ4v) is 3.26. The van der Waals surface area contributed by atoms with Gasteiger partial charge in [0.2, 0.25) is 0 Å². The lowest BCUT2D eigenvalue weighted by atomic mass is 9.95. The molecular weight excluding hydrogens is 226 g/mol. The van der Waals surface area contributed by atoms with Crippen LogP contribution < -0.4 is 5.32 Å². The molecule has 2 atom stereocenters. The third-order valence-corrected chi connectivity index (χ3v) is 4.47. The first-order valence-corrected chi connectivity index (χ1v) is 7.52. The zero-order valence-corrected chi connectivity index (χ0v) is 12.0. The van der Waals surface area contributed by atoms with Crippen LogP contribution in [0.15, 0.2) is 0 Å². The monoisotopic (exact) mass is 255 g/mol. The topological polar surface area (TPSA) is 27.7 Å². The second-order valence-electron chi connectivity index (χ2n) is 5.67. The third kappa shape index (κ3) is 3.92. The van der Waals surface area contributed by atoms with E-state index in [9.17, 15) is 0 Å². The van der Waals surface area contributed by atoms with Crippen LogP contribution in [-0.2, 0) is 4.74 Å². The van der Waals surface area contributed by atoms with E-state index in [1.165, 1.54) is 39.0 Å². The van der Waals surface area contributed by atoms with Crippen molar-refractivity contribution in [1.82, 2.24) is 15.1 Å². The molecule has 0 spiro atoms. The Bertz CT molecular complexity index is 225. The zero-order valence-electron chi connectivity index (χ0n) is 12.0. The Hall–Kier alpha value is -0.160.